The Bertz CT molecular complexity index is 1620. The van der Waals surface area contributed by atoms with E-state index in [2.05, 4.69) is 67.7 Å². The van der Waals surface area contributed by atoms with Gasteiger partial charge in [0.05, 0.1) is 34.3 Å². The molecule has 200 valence electrons. The van der Waals surface area contributed by atoms with Gasteiger partial charge in [-0.1, -0.05) is 31.2 Å². The van der Waals surface area contributed by atoms with Crippen LogP contribution in [0.4, 0.5) is 0 Å². The first-order chi connectivity index (χ1) is 18.8. The summed E-state index contributed by atoms with van der Waals surface area (Å²) in [4.78, 5) is 24.6. The highest BCUT2D eigenvalue weighted by Gasteiger charge is 2.44. The van der Waals surface area contributed by atoms with Gasteiger partial charge in [0.1, 0.15) is 12.1 Å². The fourth-order valence-electron chi connectivity index (χ4n) is 7.12. The summed E-state index contributed by atoms with van der Waals surface area (Å²) in [5.74, 6) is 2.09. The van der Waals surface area contributed by atoms with Gasteiger partial charge in [0, 0.05) is 17.3 Å². The predicted octanol–water partition coefficient (Wildman–Crippen LogP) is 6.28. The molecule has 4 atom stereocenters. The molecule has 3 heterocycles. The first kappa shape index (κ1) is 24.7. The second-order valence-corrected chi connectivity index (χ2v) is 12.4. The zero-order chi connectivity index (χ0) is 27.1. The number of pyridine rings is 1. The summed E-state index contributed by atoms with van der Waals surface area (Å²) in [6.07, 6.45) is 8.49. The number of hydrogen-bond acceptors (Lipinski definition) is 5. The van der Waals surface area contributed by atoms with Gasteiger partial charge in [-0.15, -0.1) is 0 Å². The Labute approximate surface area is 230 Å². The highest BCUT2D eigenvalue weighted by Crippen LogP contribution is 2.50. The van der Waals surface area contributed by atoms with Crippen molar-refractivity contribution in [3.8, 4) is 11.1 Å². The Hall–Kier alpha value is -3.35. The summed E-state index contributed by atoms with van der Waals surface area (Å²) in [6.45, 7) is 4.36. The van der Waals surface area contributed by atoms with Crippen LogP contribution in [0.25, 0.3) is 22.2 Å². The standard InChI is InChI=1S/C33H37N5O/c1-19-14-24(17-35-31(19)33(34)13-12-20(33)2)22-10-11-26-27(15-22)38-28(16-29(37(3)4)32(38)36-26)30-23(18-39)6-5-7-25(30)21-8-9-21/h5-7,10-11,14-15,17-18,20-21,28-29H,8-9,12-13,16,34H2,1-4H3. The lowest BCUT2D eigenvalue weighted by molar-refractivity contribution is 0.112. The molecular weight excluding hydrogens is 482 g/mol. The van der Waals surface area contributed by atoms with Crippen LogP contribution in [0.3, 0.4) is 0 Å². The third-order valence-electron chi connectivity index (χ3n) is 9.77. The summed E-state index contributed by atoms with van der Waals surface area (Å²) < 4.78 is 2.41. The second-order valence-electron chi connectivity index (χ2n) is 12.4. The topological polar surface area (TPSA) is 77.0 Å². The number of imidazole rings is 1. The molecule has 0 radical (unpaired) electrons. The smallest absolute Gasteiger partial charge is 0.150 e. The number of nitrogens with zero attached hydrogens (tertiary/aromatic N) is 4. The van der Waals surface area contributed by atoms with Crippen LogP contribution in [0.5, 0.6) is 0 Å². The van der Waals surface area contributed by atoms with Crippen molar-refractivity contribution in [1.29, 1.82) is 0 Å². The minimum Gasteiger partial charge on any atom is -0.320 e. The van der Waals surface area contributed by atoms with Gasteiger partial charge in [-0.3, -0.25) is 14.7 Å². The first-order valence-electron chi connectivity index (χ1n) is 14.3. The Balaban J connectivity index is 1.37. The van der Waals surface area contributed by atoms with Crippen molar-refractivity contribution in [3.05, 3.63) is 82.4 Å². The summed E-state index contributed by atoms with van der Waals surface area (Å²) >= 11 is 0. The van der Waals surface area contributed by atoms with E-state index in [0.29, 0.717) is 11.8 Å². The maximum atomic E-state index is 12.3. The van der Waals surface area contributed by atoms with Crippen LogP contribution in [-0.2, 0) is 5.54 Å². The van der Waals surface area contributed by atoms with Crippen molar-refractivity contribution >= 4 is 17.3 Å². The number of rotatable bonds is 6. The molecule has 1 aliphatic heterocycles. The number of benzene rings is 2. The molecule has 6 heteroatoms. The number of fused-ring (bicyclic) bond motifs is 3. The highest BCUT2D eigenvalue weighted by molar-refractivity contribution is 5.84. The molecule has 0 spiro atoms. The lowest BCUT2D eigenvalue weighted by Crippen LogP contribution is -2.51. The van der Waals surface area contributed by atoms with Crippen LogP contribution in [-0.4, -0.2) is 39.8 Å². The van der Waals surface area contributed by atoms with Crippen molar-refractivity contribution in [2.24, 2.45) is 11.7 Å². The SMILES string of the molecule is Cc1cc(-c2ccc3nc4n(c3c2)C(c2c(C=O)cccc2C2CC2)CC4N(C)C)cnc1C1(N)CCC1C. The molecule has 0 amide bonds. The number of aromatic nitrogens is 3. The van der Waals surface area contributed by atoms with Gasteiger partial charge in [0.25, 0.3) is 0 Å². The number of hydrogen-bond donors (Lipinski definition) is 1. The van der Waals surface area contributed by atoms with Crippen molar-refractivity contribution < 1.29 is 4.79 Å². The van der Waals surface area contributed by atoms with Gasteiger partial charge >= 0.3 is 0 Å². The van der Waals surface area contributed by atoms with E-state index in [1.807, 2.05) is 18.3 Å². The normalized spacial score (nSPS) is 26.2. The van der Waals surface area contributed by atoms with Crippen molar-refractivity contribution in [2.75, 3.05) is 14.1 Å². The molecule has 2 aliphatic carbocycles. The summed E-state index contributed by atoms with van der Waals surface area (Å²) in [5, 5.41) is 0. The maximum Gasteiger partial charge on any atom is 0.150 e. The van der Waals surface area contributed by atoms with E-state index in [9.17, 15) is 4.79 Å². The molecule has 2 N–H and O–H groups in total. The van der Waals surface area contributed by atoms with Crippen LogP contribution >= 0.6 is 0 Å². The van der Waals surface area contributed by atoms with Gasteiger partial charge < -0.3 is 10.3 Å². The minimum atomic E-state index is -0.307. The quantitative estimate of drug-likeness (QED) is 0.304. The Kier molecular flexibility index (Phi) is 5.59. The Morgan fingerprint density at radius 2 is 1.92 bits per heavy atom. The van der Waals surface area contributed by atoms with E-state index in [4.69, 9.17) is 15.7 Å². The zero-order valence-corrected chi connectivity index (χ0v) is 23.3. The molecule has 3 aliphatic rings. The number of carbonyl (C=O) groups is 1. The fourth-order valence-corrected chi connectivity index (χ4v) is 7.12. The monoisotopic (exact) mass is 519 g/mol. The van der Waals surface area contributed by atoms with Gasteiger partial charge in [0.2, 0.25) is 0 Å². The Morgan fingerprint density at radius 3 is 2.56 bits per heavy atom. The second kappa shape index (κ2) is 8.83. The molecule has 6 nitrogen and oxygen atoms in total. The van der Waals surface area contributed by atoms with E-state index in [0.717, 1.165) is 70.4 Å². The Morgan fingerprint density at radius 1 is 1.10 bits per heavy atom. The van der Waals surface area contributed by atoms with E-state index >= 15 is 0 Å². The molecule has 2 aromatic heterocycles. The molecular formula is C33H37N5O. The van der Waals surface area contributed by atoms with Crippen LogP contribution in [0.2, 0.25) is 0 Å². The average molecular weight is 520 g/mol. The number of carbonyl (C=O) groups excluding carboxylic acids is 1. The molecule has 2 aromatic carbocycles. The van der Waals surface area contributed by atoms with Gasteiger partial charge in [-0.05, 0) is 105 Å². The van der Waals surface area contributed by atoms with Crippen LogP contribution < -0.4 is 5.73 Å². The first-order valence-corrected chi connectivity index (χ1v) is 14.3. The summed E-state index contributed by atoms with van der Waals surface area (Å²) in [5.41, 5.74) is 16.3. The molecule has 39 heavy (non-hydrogen) atoms. The van der Waals surface area contributed by atoms with E-state index in [1.165, 1.54) is 24.0 Å². The van der Waals surface area contributed by atoms with Gasteiger partial charge in [-0.2, -0.15) is 0 Å². The predicted molar refractivity (Wildman–Crippen MR) is 155 cm³/mol. The molecule has 0 saturated heterocycles. The average Bonchev–Trinajstić information content (AvgIpc) is 3.62. The minimum absolute atomic E-state index is 0.0732. The van der Waals surface area contributed by atoms with Crippen molar-refractivity contribution in [2.45, 2.75) is 69.5 Å². The number of aryl methyl sites for hydroxylation is 1. The maximum absolute atomic E-state index is 12.3. The molecule has 0 bridgehead atoms. The van der Waals surface area contributed by atoms with Crippen molar-refractivity contribution in [3.63, 3.8) is 0 Å². The fraction of sp³-hybridized carbons (Fsp3) is 0.424. The van der Waals surface area contributed by atoms with Crippen LogP contribution in [0.1, 0.15) is 95.6 Å². The van der Waals surface area contributed by atoms with E-state index in [-0.39, 0.29) is 17.6 Å². The molecule has 2 saturated carbocycles. The van der Waals surface area contributed by atoms with E-state index in [1.54, 1.807) is 0 Å². The molecule has 4 aromatic rings. The summed E-state index contributed by atoms with van der Waals surface area (Å²) in [6, 6.07) is 15.3. The van der Waals surface area contributed by atoms with Crippen LogP contribution in [0, 0.1) is 12.8 Å². The zero-order valence-electron chi connectivity index (χ0n) is 23.3. The third-order valence-corrected chi connectivity index (χ3v) is 9.77. The number of aldehydes is 1. The van der Waals surface area contributed by atoms with Crippen molar-refractivity contribution in [1.82, 2.24) is 19.4 Å². The summed E-state index contributed by atoms with van der Waals surface area (Å²) in [7, 11) is 4.25. The van der Waals surface area contributed by atoms with E-state index < -0.39 is 0 Å². The lowest BCUT2D eigenvalue weighted by Gasteiger charge is -2.45. The highest BCUT2D eigenvalue weighted by atomic mass is 16.1. The number of nitrogens with two attached hydrogens (primary N) is 1. The largest absolute Gasteiger partial charge is 0.320 e. The molecule has 2 fully saturated rings. The molecule has 4 unspecified atom stereocenters. The third kappa shape index (κ3) is 3.72. The lowest BCUT2D eigenvalue weighted by atomic mass is 9.65. The molecule has 7 rings (SSSR count). The van der Waals surface area contributed by atoms with Gasteiger partial charge in [0.15, 0.2) is 0 Å². The van der Waals surface area contributed by atoms with Gasteiger partial charge in [-0.25, -0.2) is 4.98 Å². The van der Waals surface area contributed by atoms with Crippen LogP contribution in [0.15, 0.2) is 48.7 Å².